The number of anilines is 2. The molecule has 0 saturated heterocycles. The Morgan fingerprint density at radius 2 is 1.70 bits per heavy atom. The number of rotatable bonds is 1. The SMILES string of the molecule is Cc1ccc2c(c1)N(c1ccc(C#N)cc1)C=C(C#N)S2(=O)=O. The van der Waals surface area contributed by atoms with Crippen molar-refractivity contribution in [2.75, 3.05) is 4.90 Å². The molecule has 0 amide bonds. The van der Waals surface area contributed by atoms with Crippen molar-refractivity contribution in [2.24, 2.45) is 0 Å². The van der Waals surface area contributed by atoms with Gasteiger partial charge in [0.2, 0.25) is 9.84 Å². The van der Waals surface area contributed by atoms with Crippen LogP contribution < -0.4 is 4.90 Å². The molecule has 0 unspecified atom stereocenters. The number of nitrogens with zero attached hydrogens (tertiary/aromatic N) is 3. The fraction of sp³-hybridized carbons (Fsp3) is 0.0588. The van der Waals surface area contributed by atoms with Crippen LogP contribution in [0.5, 0.6) is 0 Å². The molecular weight excluding hydrogens is 310 g/mol. The van der Waals surface area contributed by atoms with E-state index < -0.39 is 9.84 Å². The fourth-order valence-electron chi connectivity index (χ4n) is 2.42. The van der Waals surface area contributed by atoms with Crippen molar-refractivity contribution >= 4 is 21.2 Å². The van der Waals surface area contributed by atoms with E-state index in [-0.39, 0.29) is 9.80 Å². The Kier molecular flexibility index (Phi) is 3.40. The maximum absolute atomic E-state index is 12.5. The Bertz CT molecular complexity index is 1010. The van der Waals surface area contributed by atoms with Crippen molar-refractivity contribution in [3.63, 3.8) is 0 Å². The third-order valence-electron chi connectivity index (χ3n) is 3.58. The molecule has 112 valence electrons. The third kappa shape index (κ3) is 2.36. The zero-order valence-electron chi connectivity index (χ0n) is 12.2. The lowest BCUT2D eigenvalue weighted by atomic mass is 10.1. The second-order valence-corrected chi connectivity index (χ2v) is 6.99. The van der Waals surface area contributed by atoms with Crippen LogP contribution in [0.25, 0.3) is 0 Å². The molecule has 1 aliphatic heterocycles. The molecule has 0 aliphatic carbocycles. The Labute approximate surface area is 134 Å². The molecule has 0 bridgehead atoms. The minimum atomic E-state index is -3.80. The Hall–Kier alpha value is -3.09. The first-order valence-corrected chi connectivity index (χ1v) is 8.23. The number of nitriles is 2. The molecular formula is C17H11N3O2S. The number of fused-ring (bicyclic) bond motifs is 1. The summed E-state index contributed by atoms with van der Waals surface area (Å²) in [4.78, 5) is 1.45. The van der Waals surface area contributed by atoms with Crippen molar-refractivity contribution in [3.05, 3.63) is 64.7 Å². The summed E-state index contributed by atoms with van der Waals surface area (Å²) in [6, 6.07) is 15.5. The molecule has 0 atom stereocenters. The average molecular weight is 321 g/mol. The van der Waals surface area contributed by atoms with Gasteiger partial charge in [-0.25, -0.2) is 8.42 Å². The van der Waals surface area contributed by atoms with Crippen molar-refractivity contribution in [1.82, 2.24) is 0 Å². The summed E-state index contributed by atoms with van der Waals surface area (Å²) in [5.74, 6) is 0. The van der Waals surface area contributed by atoms with E-state index >= 15 is 0 Å². The highest BCUT2D eigenvalue weighted by molar-refractivity contribution is 7.95. The molecule has 1 heterocycles. The molecule has 0 saturated carbocycles. The largest absolute Gasteiger partial charge is 0.314 e. The summed E-state index contributed by atoms with van der Waals surface area (Å²) in [6.07, 6.45) is 1.32. The van der Waals surface area contributed by atoms with Gasteiger partial charge in [-0.15, -0.1) is 0 Å². The molecule has 0 N–H and O–H groups in total. The van der Waals surface area contributed by atoms with E-state index in [1.54, 1.807) is 47.4 Å². The van der Waals surface area contributed by atoms with Crippen LogP contribution >= 0.6 is 0 Å². The highest BCUT2D eigenvalue weighted by Crippen LogP contribution is 2.39. The van der Waals surface area contributed by atoms with Gasteiger partial charge in [0, 0.05) is 11.9 Å². The van der Waals surface area contributed by atoms with Gasteiger partial charge < -0.3 is 4.90 Å². The Morgan fingerprint density at radius 3 is 2.30 bits per heavy atom. The molecule has 3 rings (SSSR count). The van der Waals surface area contributed by atoms with Crippen LogP contribution in [0.1, 0.15) is 11.1 Å². The summed E-state index contributed by atoms with van der Waals surface area (Å²) >= 11 is 0. The quantitative estimate of drug-likeness (QED) is 0.805. The van der Waals surface area contributed by atoms with Crippen molar-refractivity contribution in [2.45, 2.75) is 11.8 Å². The van der Waals surface area contributed by atoms with Gasteiger partial charge in [0.25, 0.3) is 0 Å². The minimum Gasteiger partial charge on any atom is -0.314 e. The number of hydrogen-bond donors (Lipinski definition) is 0. The van der Waals surface area contributed by atoms with Gasteiger partial charge in [0.1, 0.15) is 6.07 Å². The fourth-order valence-corrected chi connectivity index (χ4v) is 3.70. The predicted molar refractivity (Wildman–Crippen MR) is 85.4 cm³/mol. The molecule has 6 heteroatoms. The molecule has 2 aromatic rings. The van der Waals surface area contributed by atoms with Crippen LogP contribution in [-0.2, 0) is 9.84 Å². The zero-order valence-corrected chi connectivity index (χ0v) is 13.0. The van der Waals surface area contributed by atoms with E-state index in [9.17, 15) is 13.7 Å². The zero-order chi connectivity index (χ0) is 16.6. The molecule has 2 aromatic carbocycles. The standard InChI is InChI=1S/C17H11N3O2S/c1-12-2-7-17-16(8-12)20(11-15(10-19)23(17,21)22)14-5-3-13(9-18)4-6-14/h2-8,11H,1H3. The number of allylic oxidation sites excluding steroid dienone is 1. The van der Waals surface area contributed by atoms with Crippen LogP contribution in [0.15, 0.2) is 58.5 Å². The van der Waals surface area contributed by atoms with Gasteiger partial charge in [-0.05, 0) is 48.9 Å². The second-order valence-electron chi connectivity index (χ2n) is 5.11. The van der Waals surface area contributed by atoms with Gasteiger partial charge in [-0.2, -0.15) is 10.5 Å². The van der Waals surface area contributed by atoms with E-state index in [0.717, 1.165) is 5.56 Å². The first-order chi connectivity index (χ1) is 11.0. The Morgan fingerprint density at radius 1 is 1.00 bits per heavy atom. The molecule has 1 aliphatic rings. The predicted octanol–water partition coefficient (Wildman–Crippen LogP) is 3.16. The molecule has 0 spiro atoms. The van der Waals surface area contributed by atoms with E-state index in [1.807, 2.05) is 13.0 Å². The topological polar surface area (TPSA) is 85.0 Å². The first-order valence-electron chi connectivity index (χ1n) is 6.74. The van der Waals surface area contributed by atoms with Crippen molar-refractivity contribution < 1.29 is 8.42 Å². The summed E-state index contributed by atoms with van der Waals surface area (Å²) in [5.41, 5.74) is 2.59. The lowest BCUT2D eigenvalue weighted by Gasteiger charge is -2.27. The van der Waals surface area contributed by atoms with E-state index in [2.05, 4.69) is 0 Å². The van der Waals surface area contributed by atoms with Crippen LogP contribution in [0.4, 0.5) is 11.4 Å². The van der Waals surface area contributed by atoms with Gasteiger partial charge >= 0.3 is 0 Å². The van der Waals surface area contributed by atoms with Gasteiger partial charge in [-0.1, -0.05) is 6.07 Å². The van der Waals surface area contributed by atoms with Crippen LogP contribution in [0.3, 0.4) is 0 Å². The van der Waals surface area contributed by atoms with Gasteiger partial charge in [0.15, 0.2) is 4.91 Å². The molecule has 0 radical (unpaired) electrons. The second kappa shape index (κ2) is 5.28. The number of benzene rings is 2. The first kappa shape index (κ1) is 14.8. The van der Waals surface area contributed by atoms with Crippen LogP contribution in [-0.4, -0.2) is 8.42 Å². The minimum absolute atomic E-state index is 0.103. The average Bonchev–Trinajstić information content (AvgIpc) is 2.55. The van der Waals surface area contributed by atoms with Crippen LogP contribution in [0.2, 0.25) is 0 Å². The maximum Gasteiger partial charge on any atom is 0.220 e. The van der Waals surface area contributed by atoms with E-state index in [1.165, 1.54) is 12.3 Å². The van der Waals surface area contributed by atoms with Crippen LogP contribution in [0, 0.1) is 29.6 Å². The third-order valence-corrected chi connectivity index (χ3v) is 5.28. The molecule has 5 nitrogen and oxygen atoms in total. The van der Waals surface area contributed by atoms with E-state index in [4.69, 9.17) is 5.26 Å². The lowest BCUT2D eigenvalue weighted by Crippen LogP contribution is -2.21. The van der Waals surface area contributed by atoms with Crippen molar-refractivity contribution in [3.8, 4) is 12.1 Å². The number of aryl methyl sites for hydroxylation is 1. The summed E-state index contributed by atoms with van der Waals surface area (Å²) < 4.78 is 24.9. The number of hydrogen-bond acceptors (Lipinski definition) is 5. The summed E-state index contributed by atoms with van der Waals surface area (Å²) in [6.45, 7) is 1.87. The molecule has 23 heavy (non-hydrogen) atoms. The summed E-state index contributed by atoms with van der Waals surface area (Å²) in [5, 5.41) is 18.1. The smallest absolute Gasteiger partial charge is 0.220 e. The summed E-state index contributed by atoms with van der Waals surface area (Å²) in [7, 11) is -3.80. The highest BCUT2D eigenvalue weighted by atomic mass is 32.2. The number of sulfone groups is 1. The Balaban J connectivity index is 2.26. The monoisotopic (exact) mass is 321 g/mol. The van der Waals surface area contributed by atoms with E-state index in [0.29, 0.717) is 16.9 Å². The lowest BCUT2D eigenvalue weighted by molar-refractivity contribution is 0.602. The van der Waals surface area contributed by atoms with Gasteiger partial charge in [0.05, 0.1) is 22.2 Å². The maximum atomic E-state index is 12.5. The normalized spacial score (nSPS) is 15.1. The molecule has 0 aromatic heterocycles. The highest BCUT2D eigenvalue weighted by Gasteiger charge is 2.32. The van der Waals surface area contributed by atoms with Crippen molar-refractivity contribution in [1.29, 1.82) is 10.5 Å². The van der Waals surface area contributed by atoms with Gasteiger partial charge in [-0.3, -0.25) is 0 Å². The molecule has 0 fully saturated rings.